The van der Waals surface area contributed by atoms with E-state index in [9.17, 15) is 0 Å². The highest BCUT2D eigenvalue weighted by Crippen LogP contribution is 2.21. The molecular formula is C11H17NOS. The van der Waals surface area contributed by atoms with Crippen molar-refractivity contribution in [2.45, 2.75) is 17.9 Å². The molecule has 0 saturated carbocycles. The molecule has 2 N–H and O–H groups in total. The molecule has 2 nitrogen and oxygen atoms in total. The highest BCUT2D eigenvalue weighted by atomic mass is 32.2. The summed E-state index contributed by atoms with van der Waals surface area (Å²) in [5, 5.41) is 0. The first-order valence-corrected chi connectivity index (χ1v) is 5.65. The van der Waals surface area contributed by atoms with Crippen LogP contribution in [0.4, 0.5) is 0 Å². The van der Waals surface area contributed by atoms with E-state index in [0.717, 1.165) is 5.75 Å². The fourth-order valence-corrected chi connectivity index (χ4v) is 2.14. The van der Waals surface area contributed by atoms with Gasteiger partial charge in [0, 0.05) is 23.8 Å². The molecule has 1 aromatic rings. The lowest BCUT2D eigenvalue weighted by Crippen LogP contribution is -2.28. The second-order valence-corrected chi connectivity index (χ2v) is 4.35. The summed E-state index contributed by atoms with van der Waals surface area (Å²) in [5.41, 5.74) is 7.14. The Morgan fingerprint density at radius 3 is 2.79 bits per heavy atom. The molecule has 0 spiro atoms. The van der Waals surface area contributed by atoms with Crippen LogP contribution in [0.3, 0.4) is 0 Å². The molecule has 0 aliphatic rings. The molecule has 0 fully saturated rings. The van der Waals surface area contributed by atoms with Gasteiger partial charge in [-0.3, -0.25) is 0 Å². The zero-order valence-electron chi connectivity index (χ0n) is 8.69. The number of benzene rings is 1. The minimum atomic E-state index is 0.115. The number of nitrogens with two attached hydrogens (primary N) is 1. The van der Waals surface area contributed by atoms with Crippen LogP contribution in [-0.4, -0.2) is 25.5 Å². The van der Waals surface area contributed by atoms with Gasteiger partial charge < -0.3 is 10.5 Å². The third kappa shape index (κ3) is 3.70. The molecule has 1 atom stereocenters. The van der Waals surface area contributed by atoms with Gasteiger partial charge in [0.1, 0.15) is 0 Å². The van der Waals surface area contributed by atoms with Crippen molar-refractivity contribution in [3.8, 4) is 0 Å². The molecule has 0 saturated heterocycles. The lowest BCUT2D eigenvalue weighted by atomic mass is 10.2. The summed E-state index contributed by atoms with van der Waals surface area (Å²) in [6.07, 6.45) is 0. The van der Waals surface area contributed by atoms with Crippen molar-refractivity contribution >= 4 is 11.8 Å². The Balaban J connectivity index is 2.41. The van der Waals surface area contributed by atoms with Crippen molar-refractivity contribution in [1.29, 1.82) is 0 Å². The number of hydrogen-bond donors (Lipinski definition) is 1. The summed E-state index contributed by atoms with van der Waals surface area (Å²) in [4.78, 5) is 1.30. The summed E-state index contributed by atoms with van der Waals surface area (Å²) >= 11 is 1.79. The number of thioether (sulfide) groups is 1. The molecule has 0 aliphatic carbocycles. The monoisotopic (exact) mass is 211 g/mol. The van der Waals surface area contributed by atoms with Gasteiger partial charge in [-0.15, -0.1) is 11.8 Å². The van der Waals surface area contributed by atoms with Crippen LogP contribution in [0.1, 0.15) is 5.56 Å². The van der Waals surface area contributed by atoms with Crippen molar-refractivity contribution < 1.29 is 4.74 Å². The van der Waals surface area contributed by atoms with Gasteiger partial charge in [0.15, 0.2) is 0 Å². The van der Waals surface area contributed by atoms with E-state index in [1.807, 2.05) is 0 Å². The maximum absolute atomic E-state index is 5.84. The number of rotatable bonds is 5. The molecule has 3 heteroatoms. The highest BCUT2D eigenvalue weighted by molar-refractivity contribution is 7.99. The van der Waals surface area contributed by atoms with Crippen LogP contribution in [0, 0.1) is 6.92 Å². The zero-order chi connectivity index (χ0) is 10.4. The second kappa shape index (κ2) is 6.06. The van der Waals surface area contributed by atoms with Gasteiger partial charge in [0.25, 0.3) is 0 Å². The lowest BCUT2D eigenvalue weighted by Gasteiger charge is -2.10. The van der Waals surface area contributed by atoms with Crippen molar-refractivity contribution in [3.63, 3.8) is 0 Å². The number of aryl methyl sites for hydroxylation is 1. The molecule has 0 bridgehead atoms. The maximum Gasteiger partial charge on any atom is 0.0621 e. The average Bonchev–Trinajstić information content (AvgIpc) is 2.17. The summed E-state index contributed by atoms with van der Waals surface area (Å²) in [6.45, 7) is 2.74. The topological polar surface area (TPSA) is 35.2 Å². The smallest absolute Gasteiger partial charge is 0.0621 e. The molecule has 1 rings (SSSR count). The Hall–Kier alpha value is -0.510. The van der Waals surface area contributed by atoms with Crippen LogP contribution in [0.2, 0.25) is 0 Å². The van der Waals surface area contributed by atoms with Crippen LogP contribution in [0.25, 0.3) is 0 Å². The molecule has 14 heavy (non-hydrogen) atoms. The van der Waals surface area contributed by atoms with Crippen molar-refractivity contribution in [1.82, 2.24) is 0 Å². The minimum absolute atomic E-state index is 0.115. The van der Waals surface area contributed by atoms with Crippen LogP contribution < -0.4 is 5.73 Å². The molecular weight excluding hydrogens is 194 g/mol. The van der Waals surface area contributed by atoms with E-state index >= 15 is 0 Å². The molecule has 0 heterocycles. The molecule has 0 amide bonds. The van der Waals surface area contributed by atoms with Gasteiger partial charge in [-0.1, -0.05) is 18.2 Å². The Labute approximate surface area is 89.8 Å². The summed E-state index contributed by atoms with van der Waals surface area (Å²) in [5.74, 6) is 0.901. The van der Waals surface area contributed by atoms with E-state index in [1.54, 1.807) is 18.9 Å². The number of methoxy groups -OCH3 is 1. The first-order chi connectivity index (χ1) is 6.74. The first kappa shape index (κ1) is 11.6. The van der Waals surface area contributed by atoms with Gasteiger partial charge in [-0.05, 0) is 18.6 Å². The molecule has 0 radical (unpaired) electrons. The van der Waals surface area contributed by atoms with Gasteiger partial charge in [-0.2, -0.15) is 0 Å². The zero-order valence-corrected chi connectivity index (χ0v) is 9.51. The van der Waals surface area contributed by atoms with Crippen molar-refractivity contribution in [3.05, 3.63) is 29.8 Å². The van der Waals surface area contributed by atoms with E-state index in [0.29, 0.717) is 6.61 Å². The third-order valence-electron chi connectivity index (χ3n) is 1.93. The molecule has 1 unspecified atom stereocenters. The second-order valence-electron chi connectivity index (χ2n) is 3.29. The Morgan fingerprint density at radius 2 is 2.14 bits per heavy atom. The van der Waals surface area contributed by atoms with Crippen molar-refractivity contribution in [2.75, 3.05) is 19.5 Å². The highest BCUT2D eigenvalue weighted by Gasteiger charge is 2.03. The standard InChI is InChI=1S/C11H17NOS/c1-9-5-3-4-6-11(9)14-8-10(12)7-13-2/h3-6,10H,7-8,12H2,1-2H3. The summed E-state index contributed by atoms with van der Waals surface area (Å²) in [6, 6.07) is 8.46. The van der Waals surface area contributed by atoms with Crippen LogP contribution in [-0.2, 0) is 4.74 Å². The number of hydrogen-bond acceptors (Lipinski definition) is 3. The van der Waals surface area contributed by atoms with Crippen LogP contribution >= 0.6 is 11.8 Å². The van der Waals surface area contributed by atoms with E-state index < -0.39 is 0 Å². The van der Waals surface area contributed by atoms with E-state index in [4.69, 9.17) is 10.5 Å². The normalized spacial score (nSPS) is 12.8. The Bertz CT molecular complexity index is 278. The SMILES string of the molecule is COCC(N)CSc1ccccc1C. The van der Waals surface area contributed by atoms with Crippen LogP contribution in [0.15, 0.2) is 29.2 Å². The fraction of sp³-hybridized carbons (Fsp3) is 0.455. The van der Waals surface area contributed by atoms with Gasteiger partial charge >= 0.3 is 0 Å². The fourth-order valence-electron chi connectivity index (χ4n) is 1.18. The Morgan fingerprint density at radius 1 is 1.43 bits per heavy atom. The van der Waals surface area contributed by atoms with E-state index in [1.165, 1.54) is 10.5 Å². The predicted molar refractivity (Wildman–Crippen MR) is 61.8 cm³/mol. The van der Waals surface area contributed by atoms with Gasteiger partial charge in [0.05, 0.1) is 6.61 Å². The molecule has 1 aromatic carbocycles. The predicted octanol–water partition coefficient (Wildman–Crippen LogP) is 2.06. The third-order valence-corrected chi connectivity index (χ3v) is 3.29. The minimum Gasteiger partial charge on any atom is -0.383 e. The Kier molecular flexibility index (Phi) is 5.01. The molecule has 78 valence electrons. The van der Waals surface area contributed by atoms with E-state index in [-0.39, 0.29) is 6.04 Å². The van der Waals surface area contributed by atoms with Crippen LogP contribution in [0.5, 0.6) is 0 Å². The largest absolute Gasteiger partial charge is 0.383 e. The quantitative estimate of drug-likeness (QED) is 0.757. The summed E-state index contributed by atoms with van der Waals surface area (Å²) in [7, 11) is 1.68. The lowest BCUT2D eigenvalue weighted by molar-refractivity contribution is 0.186. The summed E-state index contributed by atoms with van der Waals surface area (Å²) < 4.78 is 4.98. The number of ether oxygens (including phenoxy) is 1. The van der Waals surface area contributed by atoms with Gasteiger partial charge in [-0.25, -0.2) is 0 Å². The average molecular weight is 211 g/mol. The maximum atomic E-state index is 5.84. The molecule has 0 aromatic heterocycles. The first-order valence-electron chi connectivity index (χ1n) is 4.67. The van der Waals surface area contributed by atoms with Crippen molar-refractivity contribution in [2.24, 2.45) is 5.73 Å². The molecule has 0 aliphatic heterocycles. The van der Waals surface area contributed by atoms with Gasteiger partial charge in [0.2, 0.25) is 0 Å². The van der Waals surface area contributed by atoms with E-state index in [2.05, 4.69) is 31.2 Å².